The quantitative estimate of drug-likeness (QED) is 0.457. The summed E-state index contributed by atoms with van der Waals surface area (Å²) in [6.07, 6.45) is 4.47. The highest BCUT2D eigenvalue weighted by atomic mass is 15.2. The number of hydrogen-bond acceptors (Lipinski definition) is 8. The lowest BCUT2D eigenvalue weighted by atomic mass is 10.0. The van der Waals surface area contributed by atoms with Crippen molar-refractivity contribution in [2.45, 2.75) is 19.9 Å². The van der Waals surface area contributed by atoms with Crippen molar-refractivity contribution in [1.29, 1.82) is 0 Å². The Balaban J connectivity index is 1.33. The Kier molecular flexibility index (Phi) is 5.20. The summed E-state index contributed by atoms with van der Waals surface area (Å²) in [5.74, 6) is 2.35. The van der Waals surface area contributed by atoms with Crippen LogP contribution in [0.4, 0.5) is 23.3 Å². The molecule has 154 valence electrons. The van der Waals surface area contributed by atoms with Crippen molar-refractivity contribution in [2.24, 2.45) is 0 Å². The minimum Gasteiger partial charge on any atom is -0.325 e. The number of hydrogen-bond donors (Lipinski definition) is 3. The molecule has 31 heavy (non-hydrogen) atoms. The Morgan fingerprint density at radius 1 is 0.839 bits per heavy atom. The Morgan fingerprint density at radius 3 is 2.61 bits per heavy atom. The fraction of sp³-hybridized carbons (Fsp3) is 0.174. The molecule has 0 saturated carbocycles. The Labute approximate surface area is 180 Å². The zero-order valence-corrected chi connectivity index (χ0v) is 17.1. The monoisotopic (exact) mass is 410 g/mol. The van der Waals surface area contributed by atoms with Gasteiger partial charge in [0.1, 0.15) is 17.3 Å². The second-order valence-corrected chi connectivity index (χ2v) is 7.36. The molecular weight excluding hydrogens is 388 g/mol. The lowest BCUT2D eigenvalue weighted by Gasteiger charge is -2.18. The normalized spacial score (nSPS) is 12.8. The van der Waals surface area contributed by atoms with Gasteiger partial charge in [-0.1, -0.05) is 12.1 Å². The van der Waals surface area contributed by atoms with E-state index in [-0.39, 0.29) is 0 Å². The molecule has 0 spiro atoms. The minimum atomic E-state index is 0.517. The number of fused-ring (bicyclic) bond motifs is 1. The summed E-state index contributed by atoms with van der Waals surface area (Å²) in [5.41, 5.74) is 5.32. The molecule has 5 rings (SSSR count). The van der Waals surface area contributed by atoms with E-state index in [0.29, 0.717) is 23.4 Å². The molecule has 1 aromatic carbocycles. The Bertz CT molecular complexity index is 1220. The average molecular weight is 410 g/mol. The first-order valence-corrected chi connectivity index (χ1v) is 10.2. The van der Waals surface area contributed by atoms with Gasteiger partial charge in [0, 0.05) is 30.3 Å². The van der Waals surface area contributed by atoms with Crippen LogP contribution in [0.15, 0.2) is 60.9 Å². The molecule has 0 unspecified atom stereocenters. The van der Waals surface area contributed by atoms with Crippen LogP contribution >= 0.6 is 0 Å². The average Bonchev–Trinajstić information content (AvgIpc) is 2.79. The number of aryl methyl sites for hydroxylation is 1. The molecule has 1 aliphatic rings. The van der Waals surface area contributed by atoms with Crippen LogP contribution in [0.1, 0.15) is 16.8 Å². The smallest absolute Gasteiger partial charge is 0.229 e. The second kappa shape index (κ2) is 8.45. The molecule has 0 bridgehead atoms. The first kappa shape index (κ1) is 19.1. The topological polar surface area (TPSA) is 101 Å². The molecule has 0 fully saturated rings. The van der Waals surface area contributed by atoms with E-state index in [1.165, 1.54) is 11.1 Å². The van der Waals surface area contributed by atoms with Crippen LogP contribution in [-0.2, 0) is 13.0 Å². The van der Waals surface area contributed by atoms with Gasteiger partial charge >= 0.3 is 0 Å². The van der Waals surface area contributed by atoms with Crippen LogP contribution in [0.25, 0.3) is 11.5 Å². The zero-order chi connectivity index (χ0) is 21.0. The number of nitrogens with zero attached hydrogens (tertiary/aromatic N) is 5. The number of benzene rings is 1. The highest BCUT2D eigenvalue weighted by Gasteiger charge is 2.10. The summed E-state index contributed by atoms with van der Waals surface area (Å²) < 4.78 is 0. The lowest BCUT2D eigenvalue weighted by molar-refractivity contribution is 0.644. The van der Waals surface area contributed by atoms with Crippen LogP contribution in [0.3, 0.4) is 0 Å². The Morgan fingerprint density at radius 2 is 1.71 bits per heavy atom. The maximum atomic E-state index is 4.57. The molecule has 0 atom stereocenters. The number of rotatable bonds is 5. The fourth-order valence-electron chi connectivity index (χ4n) is 3.53. The number of anilines is 4. The molecule has 0 amide bonds. The molecule has 0 saturated heterocycles. The van der Waals surface area contributed by atoms with E-state index in [9.17, 15) is 0 Å². The highest BCUT2D eigenvalue weighted by Crippen LogP contribution is 2.22. The van der Waals surface area contributed by atoms with E-state index < -0.39 is 0 Å². The fourth-order valence-corrected chi connectivity index (χ4v) is 3.53. The summed E-state index contributed by atoms with van der Waals surface area (Å²) >= 11 is 0. The van der Waals surface area contributed by atoms with Crippen LogP contribution in [0.5, 0.6) is 0 Å². The predicted molar refractivity (Wildman–Crippen MR) is 120 cm³/mol. The van der Waals surface area contributed by atoms with Gasteiger partial charge in [-0.05, 0) is 67.4 Å². The van der Waals surface area contributed by atoms with Crippen molar-refractivity contribution >= 4 is 23.3 Å². The van der Waals surface area contributed by atoms with Crippen LogP contribution in [0.2, 0.25) is 0 Å². The van der Waals surface area contributed by atoms with Crippen molar-refractivity contribution < 1.29 is 0 Å². The largest absolute Gasteiger partial charge is 0.325 e. The zero-order valence-electron chi connectivity index (χ0n) is 17.1. The van der Waals surface area contributed by atoms with Gasteiger partial charge in [-0.2, -0.15) is 4.98 Å². The molecule has 3 N–H and O–H groups in total. The third kappa shape index (κ3) is 4.49. The third-order valence-electron chi connectivity index (χ3n) is 5.03. The molecule has 8 nitrogen and oxygen atoms in total. The number of pyridine rings is 1. The minimum absolute atomic E-state index is 0.517. The summed E-state index contributed by atoms with van der Waals surface area (Å²) in [6.45, 7) is 3.86. The van der Waals surface area contributed by atoms with Crippen LogP contribution < -0.4 is 16.0 Å². The number of nitrogens with one attached hydrogen (secondary N) is 3. The van der Waals surface area contributed by atoms with Crippen molar-refractivity contribution in [3.63, 3.8) is 0 Å². The SMILES string of the molecule is Cc1cccc(-c2nccc(Nc3ccnc(Nc4ccc5c(c4)CNCC5)n3)n2)n1. The molecule has 3 aromatic heterocycles. The van der Waals surface area contributed by atoms with Crippen LogP contribution in [0, 0.1) is 6.92 Å². The predicted octanol–water partition coefficient (Wildman–Crippen LogP) is 3.77. The molecule has 4 aromatic rings. The van der Waals surface area contributed by atoms with Gasteiger partial charge < -0.3 is 16.0 Å². The van der Waals surface area contributed by atoms with E-state index in [0.717, 1.165) is 36.6 Å². The van der Waals surface area contributed by atoms with Crippen molar-refractivity contribution in [1.82, 2.24) is 30.2 Å². The Hall–Kier alpha value is -3.91. The summed E-state index contributed by atoms with van der Waals surface area (Å²) in [5, 5.41) is 9.92. The van der Waals surface area contributed by atoms with Gasteiger partial charge in [0.25, 0.3) is 0 Å². The second-order valence-electron chi connectivity index (χ2n) is 7.36. The van der Waals surface area contributed by atoms with Crippen molar-refractivity contribution in [3.8, 4) is 11.5 Å². The van der Waals surface area contributed by atoms with Crippen molar-refractivity contribution in [2.75, 3.05) is 17.2 Å². The highest BCUT2D eigenvalue weighted by molar-refractivity contribution is 5.60. The molecule has 4 heterocycles. The van der Waals surface area contributed by atoms with Gasteiger partial charge in [0.05, 0.1) is 0 Å². The molecule has 1 aliphatic heterocycles. The van der Waals surface area contributed by atoms with E-state index >= 15 is 0 Å². The third-order valence-corrected chi connectivity index (χ3v) is 5.03. The first-order valence-electron chi connectivity index (χ1n) is 10.2. The van der Waals surface area contributed by atoms with E-state index in [4.69, 9.17) is 0 Å². The van der Waals surface area contributed by atoms with Crippen LogP contribution in [-0.4, -0.2) is 31.5 Å². The summed E-state index contributed by atoms with van der Waals surface area (Å²) in [4.78, 5) is 22.3. The number of aromatic nitrogens is 5. The molecule has 0 aliphatic carbocycles. The summed E-state index contributed by atoms with van der Waals surface area (Å²) in [6, 6.07) is 15.8. The van der Waals surface area contributed by atoms with E-state index in [1.54, 1.807) is 24.5 Å². The van der Waals surface area contributed by atoms with Crippen molar-refractivity contribution in [3.05, 3.63) is 77.7 Å². The van der Waals surface area contributed by atoms with Gasteiger partial charge in [0.15, 0.2) is 5.82 Å². The van der Waals surface area contributed by atoms with Gasteiger partial charge in [-0.3, -0.25) is 0 Å². The van der Waals surface area contributed by atoms with Gasteiger partial charge in [0.2, 0.25) is 5.95 Å². The summed E-state index contributed by atoms with van der Waals surface area (Å²) in [7, 11) is 0. The standard InChI is InChI=1S/C23H22N8/c1-15-3-2-4-19(27-15)22-25-11-8-20(30-22)29-21-9-12-26-23(31-21)28-18-6-5-16-7-10-24-14-17(16)13-18/h2-6,8-9,11-13,24H,7,10,14H2,1H3,(H2,25,26,28,29,30,31). The van der Waals surface area contributed by atoms with E-state index in [1.807, 2.05) is 25.1 Å². The molecule has 8 heteroatoms. The molecule has 0 radical (unpaired) electrons. The van der Waals surface area contributed by atoms with Gasteiger partial charge in [-0.15, -0.1) is 0 Å². The maximum absolute atomic E-state index is 4.57. The lowest BCUT2D eigenvalue weighted by Crippen LogP contribution is -2.23. The molecular formula is C23H22N8. The van der Waals surface area contributed by atoms with E-state index in [2.05, 4.69) is 59.1 Å². The maximum Gasteiger partial charge on any atom is 0.229 e. The first-order chi connectivity index (χ1) is 15.2. The van der Waals surface area contributed by atoms with Gasteiger partial charge in [-0.25, -0.2) is 19.9 Å².